The first-order valence-corrected chi connectivity index (χ1v) is 9.18. The maximum Gasteiger partial charge on any atom is 0.407 e. The Morgan fingerprint density at radius 3 is 2.50 bits per heavy atom. The number of pyridine rings is 1. The van der Waals surface area contributed by atoms with Crippen LogP contribution in [0.3, 0.4) is 0 Å². The summed E-state index contributed by atoms with van der Waals surface area (Å²) in [6, 6.07) is 3.72. The number of thioether (sulfide) groups is 1. The molecule has 0 unspecified atom stereocenters. The highest BCUT2D eigenvalue weighted by molar-refractivity contribution is 7.99. The van der Waals surface area contributed by atoms with Crippen molar-refractivity contribution in [1.82, 2.24) is 10.3 Å². The van der Waals surface area contributed by atoms with E-state index in [1.54, 1.807) is 18.0 Å². The predicted octanol–water partition coefficient (Wildman–Crippen LogP) is 4.46. The zero-order chi connectivity index (χ0) is 18.2. The number of carbonyl (C=O) groups excluding carboxylic acids is 2. The van der Waals surface area contributed by atoms with Gasteiger partial charge in [-0.25, -0.2) is 9.78 Å². The van der Waals surface area contributed by atoms with Crippen molar-refractivity contribution in [3.63, 3.8) is 0 Å². The van der Waals surface area contributed by atoms with Crippen LogP contribution < -0.4 is 5.32 Å². The third-order valence-electron chi connectivity index (χ3n) is 2.91. The Bertz CT molecular complexity index is 536. The topological polar surface area (TPSA) is 68.3 Å². The van der Waals surface area contributed by atoms with E-state index in [4.69, 9.17) is 4.74 Å². The normalized spacial score (nSPS) is 11.4. The number of carbonyl (C=O) groups is 2. The van der Waals surface area contributed by atoms with Gasteiger partial charge in [0.05, 0.1) is 5.03 Å². The molecule has 0 saturated carbocycles. The van der Waals surface area contributed by atoms with Crippen molar-refractivity contribution < 1.29 is 14.3 Å². The van der Waals surface area contributed by atoms with E-state index < -0.39 is 11.7 Å². The molecule has 0 spiro atoms. The molecule has 6 heteroatoms. The van der Waals surface area contributed by atoms with Gasteiger partial charge in [0.1, 0.15) is 5.60 Å². The molecule has 0 fully saturated rings. The van der Waals surface area contributed by atoms with Crippen LogP contribution in [0.15, 0.2) is 23.4 Å². The molecule has 1 N–H and O–H groups in total. The number of unbranched alkanes of at least 4 members (excludes halogenated alkanes) is 1. The van der Waals surface area contributed by atoms with E-state index in [1.807, 2.05) is 32.9 Å². The van der Waals surface area contributed by atoms with E-state index in [-0.39, 0.29) is 5.78 Å². The Labute approximate surface area is 149 Å². The Morgan fingerprint density at radius 1 is 1.25 bits per heavy atom. The molecule has 1 rings (SSSR count). The van der Waals surface area contributed by atoms with Crippen molar-refractivity contribution in [3.8, 4) is 0 Å². The first-order valence-electron chi connectivity index (χ1n) is 8.30. The van der Waals surface area contributed by atoms with Crippen LogP contribution in [0.1, 0.15) is 64.2 Å². The molecule has 0 atom stereocenters. The van der Waals surface area contributed by atoms with Crippen molar-refractivity contribution in [2.75, 3.05) is 6.54 Å². The minimum Gasteiger partial charge on any atom is -0.444 e. The van der Waals surface area contributed by atoms with Crippen LogP contribution >= 0.6 is 11.8 Å². The molecule has 1 amide bonds. The molecule has 1 heterocycles. The van der Waals surface area contributed by atoms with Crippen LogP contribution in [0.25, 0.3) is 0 Å². The Morgan fingerprint density at radius 2 is 1.96 bits per heavy atom. The second-order valence-corrected chi connectivity index (χ2v) is 8.46. The van der Waals surface area contributed by atoms with Crippen molar-refractivity contribution >= 4 is 23.6 Å². The lowest BCUT2D eigenvalue weighted by molar-refractivity contribution is 0.0527. The molecule has 0 aliphatic carbocycles. The standard InChI is InChI=1S/C18H28N2O3S/c1-13(2)24-16-10-9-14(12-20-16)15(21)8-6-7-11-19-17(22)23-18(3,4)5/h9-10,12-13H,6-8,11H2,1-5H3,(H,19,22). The lowest BCUT2D eigenvalue weighted by Crippen LogP contribution is -2.33. The summed E-state index contributed by atoms with van der Waals surface area (Å²) in [6.45, 7) is 10.2. The van der Waals surface area contributed by atoms with Gasteiger partial charge in [-0.3, -0.25) is 4.79 Å². The average Bonchev–Trinajstić information content (AvgIpc) is 2.45. The Balaban J connectivity index is 2.25. The number of hydrogen-bond donors (Lipinski definition) is 1. The zero-order valence-corrected chi connectivity index (χ0v) is 16.0. The second kappa shape index (κ2) is 9.67. The molecule has 0 aliphatic rings. The number of amides is 1. The summed E-state index contributed by atoms with van der Waals surface area (Å²) in [5.74, 6) is 0.0841. The number of nitrogens with one attached hydrogen (secondary N) is 1. The van der Waals surface area contributed by atoms with Crippen LogP contribution in [0.4, 0.5) is 4.79 Å². The van der Waals surface area contributed by atoms with E-state index >= 15 is 0 Å². The fourth-order valence-electron chi connectivity index (χ4n) is 1.92. The molecule has 1 aromatic rings. The number of ketones is 1. The van der Waals surface area contributed by atoms with Crippen LogP contribution in [0.5, 0.6) is 0 Å². The molecule has 0 aliphatic heterocycles. The Kier molecular flexibility index (Phi) is 8.25. The fraction of sp³-hybridized carbons (Fsp3) is 0.611. The highest BCUT2D eigenvalue weighted by atomic mass is 32.2. The van der Waals surface area contributed by atoms with Gasteiger partial charge < -0.3 is 10.1 Å². The average molecular weight is 353 g/mol. The fourth-order valence-corrected chi connectivity index (χ4v) is 2.66. The number of aromatic nitrogens is 1. The summed E-state index contributed by atoms with van der Waals surface area (Å²) in [4.78, 5) is 27.9. The molecule has 24 heavy (non-hydrogen) atoms. The smallest absolute Gasteiger partial charge is 0.407 e. The SMILES string of the molecule is CC(C)Sc1ccc(C(=O)CCCCNC(=O)OC(C)(C)C)cn1. The van der Waals surface area contributed by atoms with Crippen molar-refractivity contribution in [2.24, 2.45) is 0 Å². The van der Waals surface area contributed by atoms with E-state index in [2.05, 4.69) is 24.1 Å². The molecule has 134 valence electrons. The highest BCUT2D eigenvalue weighted by Gasteiger charge is 2.15. The maximum absolute atomic E-state index is 12.1. The van der Waals surface area contributed by atoms with Crippen molar-refractivity contribution in [1.29, 1.82) is 0 Å². The lowest BCUT2D eigenvalue weighted by atomic mass is 10.1. The summed E-state index contributed by atoms with van der Waals surface area (Å²) in [6.07, 6.45) is 3.13. The minimum absolute atomic E-state index is 0.0841. The number of Topliss-reactive ketones (excluding diaryl/α,β-unsaturated/α-hetero) is 1. The Hall–Kier alpha value is -1.56. The van der Waals surface area contributed by atoms with Gasteiger partial charge in [0.15, 0.2) is 5.78 Å². The monoisotopic (exact) mass is 352 g/mol. The van der Waals surface area contributed by atoms with Gasteiger partial charge in [0.25, 0.3) is 0 Å². The molecule has 5 nitrogen and oxygen atoms in total. The van der Waals surface area contributed by atoms with Crippen LogP contribution in [-0.4, -0.2) is 34.3 Å². The molecule has 0 radical (unpaired) electrons. The third-order valence-corrected chi connectivity index (χ3v) is 3.87. The van der Waals surface area contributed by atoms with E-state index in [0.717, 1.165) is 17.9 Å². The maximum atomic E-state index is 12.1. The first kappa shape index (κ1) is 20.5. The van der Waals surface area contributed by atoms with Gasteiger partial charge in [-0.2, -0.15) is 0 Å². The van der Waals surface area contributed by atoms with Crippen LogP contribution in [0.2, 0.25) is 0 Å². The van der Waals surface area contributed by atoms with E-state index in [0.29, 0.717) is 23.8 Å². The third kappa shape index (κ3) is 8.91. The van der Waals surface area contributed by atoms with Gasteiger partial charge in [0, 0.05) is 30.0 Å². The number of ether oxygens (including phenoxy) is 1. The highest BCUT2D eigenvalue weighted by Crippen LogP contribution is 2.20. The molecule has 1 aromatic heterocycles. The number of nitrogens with zero attached hydrogens (tertiary/aromatic N) is 1. The van der Waals surface area contributed by atoms with Gasteiger partial charge in [-0.05, 0) is 45.7 Å². The quantitative estimate of drug-likeness (QED) is 0.425. The number of rotatable bonds is 8. The van der Waals surface area contributed by atoms with Gasteiger partial charge >= 0.3 is 6.09 Å². The summed E-state index contributed by atoms with van der Waals surface area (Å²) >= 11 is 1.68. The summed E-state index contributed by atoms with van der Waals surface area (Å²) < 4.78 is 5.15. The predicted molar refractivity (Wildman–Crippen MR) is 97.6 cm³/mol. The second-order valence-electron chi connectivity index (χ2n) is 6.86. The number of hydrogen-bond acceptors (Lipinski definition) is 5. The molecule has 0 bridgehead atoms. The van der Waals surface area contributed by atoms with Gasteiger partial charge in [-0.1, -0.05) is 13.8 Å². The zero-order valence-electron chi connectivity index (χ0n) is 15.2. The molecule has 0 aromatic carbocycles. The van der Waals surface area contributed by atoms with Crippen LogP contribution in [0, 0.1) is 0 Å². The van der Waals surface area contributed by atoms with Gasteiger partial charge in [0.2, 0.25) is 0 Å². The lowest BCUT2D eigenvalue weighted by Gasteiger charge is -2.19. The van der Waals surface area contributed by atoms with Crippen molar-refractivity contribution in [2.45, 2.75) is 69.8 Å². The minimum atomic E-state index is -0.493. The summed E-state index contributed by atoms with van der Waals surface area (Å²) in [5.41, 5.74) is 0.149. The van der Waals surface area contributed by atoms with E-state index in [1.165, 1.54) is 0 Å². The molecular weight excluding hydrogens is 324 g/mol. The number of alkyl carbamates (subject to hydrolysis) is 1. The van der Waals surface area contributed by atoms with E-state index in [9.17, 15) is 9.59 Å². The summed E-state index contributed by atoms with van der Waals surface area (Å²) in [7, 11) is 0. The van der Waals surface area contributed by atoms with Gasteiger partial charge in [-0.15, -0.1) is 11.8 Å². The molecular formula is C18H28N2O3S. The first-order chi connectivity index (χ1) is 11.2. The van der Waals surface area contributed by atoms with Crippen LogP contribution in [-0.2, 0) is 4.74 Å². The molecule has 0 saturated heterocycles. The largest absolute Gasteiger partial charge is 0.444 e. The summed E-state index contributed by atoms with van der Waals surface area (Å²) in [5, 5.41) is 4.09. The van der Waals surface area contributed by atoms with Crippen molar-refractivity contribution in [3.05, 3.63) is 23.9 Å².